The van der Waals surface area contributed by atoms with E-state index in [1.165, 1.54) is 12.1 Å². The zero-order chi connectivity index (χ0) is 16.5. The van der Waals surface area contributed by atoms with Crippen molar-refractivity contribution in [1.82, 2.24) is 0 Å². The lowest BCUT2D eigenvalue weighted by atomic mass is 10.1. The van der Waals surface area contributed by atoms with Crippen LogP contribution in [0.25, 0.3) is 34.1 Å². The maximum Gasteiger partial charge on any atom is 0.336 e. The lowest BCUT2D eigenvalue weighted by Crippen LogP contribution is -1.94. The van der Waals surface area contributed by atoms with Gasteiger partial charge >= 0.3 is 11.3 Å². The summed E-state index contributed by atoms with van der Waals surface area (Å²) in [6.07, 6.45) is 3.82. The van der Waals surface area contributed by atoms with E-state index in [0.717, 1.165) is 21.9 Å². The molecule has 0 bridgehead atoms. The number of fused-ring (bicyclic) bond motifs is 2. The predicted molar refractivity (Wildman–Crippen MR) is 93.9 cm³/mol. The second kappa shape index (κ2) is 5.66. The van der Waals surface area contributed by atoms with Crippen LogP contribution in [-0.2, 0) is 0 Å². The smallest absolute Gasteiger partial charge is 0.336 e. The van der Waals surface area contributed by atoms with Gasteiger partial charge < -0.3 is 8.83 Å². The molecule has 4 heteroatoms. The van der Waals surface area contributed by atoms with E-state index >= 15 is 0 Å². The Morgan fingerprint density at radius 2 is 1.00 bits per heavy atom. The van der Waals surface area contributed by atoms with E-state index in [1.54, 1.807) is 12.1 Å². The van der Waals surface area contributed by atoms with E-state index in [-0.39, 0.29) is 11.3 Å². The minimum atomic E-state index is -0.367. The van der Waals surface area contributed by atoms with Crippen molar-refractivity contribution in [2.75, 3.05) is 0 Å². The summed E-state index contributed by atoms with van der Waals surface area (Å²) < 4.78 is 10.4. The number of hydrogen-bond donors (Lipinski definition) is 0. The Bertz CT molecular complexity index is 1100. The van der Waals surface area contributed by atoms with Gasteiger partial charge in [0.05, 0.1) is 0 Å². The van der Waals surface area contributed by atoms with Crippen molar-refractivity contribution in [3.63, 3.8) is 0 Å². The molecule has 4 nitrogen and oxygen atoms in total. The van der Waals surface area contributed by atoms with Crippen LogP contribution in [-0.4, -0.2) is 0 Å². The van der Waals surface area contributed by atoms with Gasteiger partial charge in [-0.15, -0.1) is 0 Å². The zero-order valence-electron chi connectivity index (χ0n) is 12.6. The predicted octanol–water partition coefficient (Wildman–Crippen LogP) is 4.07. The van der Waals surface area contributed by atoms with Gasteiger partial charge in [0.25, 0.3) is 0 Å². The van der Waals surface area contributed by atoms with Crippen LogP contribution >= 0.6 is 0 Å². The standard InChI is InChI=1S/C20H12O4/c21-19-9-7-15-5-3-13(11-17(15)23-19)1-2-14-4-6-16-8-10-20(22)24-18(16)12-14/h1-12H/b2-1+. The fourth-order valence-corrected chi connectivity index (χ4v) is 2.55. The van der Waals surface area contributed by atoms with Gasteiger partial charge in [0, 0.05) is 22.9 Å². The van der Waals surface area contributed by atoms with Crippen molar-refractivity contribution in [2.24, 2.45) is 0 Å². The Labute approximate surface area is 136 Å². The molecule has 0 spiro atoms. The molecule has 2 aromatic heterocycles. The first-order valence-corrected chi connectivity index (χ1v) is 7.43. The zero-order valence-corrected chi connectivity index (χ0v) is 12.6. The molecular formula is C20H12O4. The van der Waals surface area contributed by atoms with Gasteiger partial charge in [-0.05, 0) is 35.4 Å². The van der Waals surface area contributed by atoms with Gasteiger partial charge in [-0.3, -0.25) is 0 Å². The highest BCUT2D eigenvalue weighted by molar-refractivity contribution is 5.83. The third kappa shape index (κ3) is 2.77. The SMILES string of the molecule is O=c1ccc2ccc(/C=C/c3ccc4ccc(=O)oc4c3)cc2o1. The molecule has 4 aromatic rings. The van der Waals surface area contributed by atoms with Crippen LogP contribution in [0.4, 0.5) is 0 Å². The maximum absolute atomic E-state index is 11.3. The van der Waals surface area contributed by atoms with E-state index in [4.69, 9.17) is 8.83 Å². The first-order valence-electron chi connectivity index (χ1n) is 7.43. The minimum absolute atomic E-state index is 0.367. The Kier molecular flexibility index (Phi) is 3.35. The first-order chi connectivity index (χ1) is 11.7. The summed E-state index contributed by atoms with van der Waals surface area (Å²) >= 11 is 0. The summed E-state index contributed by atoms with van der Waals surface area (Å²) in [6.45, 7) is 0. The molecule has 0 fully saturated rings. The van der Waals surface area contributed by atoms with Crippen LogP contribution < -0.4 is 11.3 Å². The molecule has 4 rings (SSSR count). The molecule has 2 heterocycles. The van der Waals surface area contributed by atoms with Crippen molar-refractivity contribution >= 4 is 34.1 Å². The Balaban J connectivity index is 1.71. The Hall–Kier alpha value is -3.40. The van der Waals surface area contributed by atoms with E-state index < -0.39 is 0 Å². The van der Waals surface area contributed by atoms with Gasteiger partial charge in [-0.1, -0.05) is 36.4 Å². The Morgan fingerprint density at radius 3 is 1.46 bits per heavy atom. The van der Waals surface area contributed by atoms with E-state index in [9.17, 15) is 9.59 Å². The van der Waals surface area contributed by atoms with Crippen molar-refractivity contribution in [3.8, 4) is 0 Å². The first kappa shape index (κ1) is 14.2. The van der Waals surface area contributed by atoms with Crippen LogP contribution in [0.2, 0.25) is 0 Å². The fourth-order valence-electron chi connectivity index (χ4n) is 2.55. The molecule has 24 heavy (non-hydrogen) atoms. The topological polar surface area (TPSA) is 60.4 Å². The summed E-state index contributed by atoms with van der Waals surface area (Å²) in [5, 5.41) is 1.75. The lowest BCUT2D eigenvalue weighted by molar-refractivity contribution is 0.560. The molecule has 0 N–H and O–H groups in total. The molecule has 0 unspecified atom stereocenters. The van der Waals surface area contributed by atoms with Crippen molar-refractivity contribution in [1.29, 1.82) is 0 Å². The number of hydrogen-bond acceptors (Lipinski definition) is 4. The molecular weight excluding hydrogens is 304 g/mol. The fraction of sp³-hybridized carbons (Fsp3) is 0. The van der Waals surface area contributed by atoms with Crippen LogP contribution in [0, 0.1) is 0 Å². The highest BCUT2D eigenvalue weighted by Gasteiger charge is 1.99. The molecule has 0 aliphatic carbocycles. The monoisotopic (exact) mass is 316 g/mol. The maximum atomic E-state index is 11.3. The van der Waals surface area contributed by atoms with E-state index in [0.29, 0.717) is 11.2 Å². The van der Waals surface area contributed by atoms with Crippen LogP contribution in [0.5, 0.6) is 0 Å². The number of rotatable bonds is 2. The third-order valence-electron chi connectivity index (χ3n) is 3.76. The summed E-state index contributed by atoms with van der Waals surface area (Å²) in [4.78, 5) is 22.6. The molecule has 0 aliphatic rings. The second-order valence-electron chi connectivity index (χ2n) is 5.44. The van der Waals surface area contributed by atoms with Crippen LogP contribution in [0.1, 0.15) is 11.1 Å². The molecule has 0 saturated heterocycles. The third-order valence-corrected chi connectivity index (χ3v) is 3.76. The largest absolute Gasteiger partial charge is 0.423 e. The quantitative estimate of drug-likeness (QED) is 0.413. The normalized spacial score (nSPS) is 11.5. The summed E-state index contributed by atoms with van der Waals surface area (Å²) in [5.41, 5.74) is 2.18. The van der Waals surface area contributed by atoms with Crippen LogP contribution in [0.15, 0.2) is 79.1 Å². The molecule has 0 radical (unpaired) electrons. The minimum Gasteiger partial charge on any atom is -0.423 e. The molecule has 0 saturated carbocycles. The average Bonchev–Trinajstić information content (AvgIpc) is 2.59. The van der Waals surface area contributed by atoms with Gasteiger partial charge in [-0.25, -0.2) is 9.59 Å². The van der Waals surface area contributed by atoms with Crippen molar-refractivity contribution in [3.05, 3.63) is 92.6 Å². The summed E-state index contributed by atoms with van der Waals surface area (Å²) in [7, 11) is 0. The van der Waals surface area contributed by atoms with Gasteiger partial charge in [0.2, 0.25) is 0 Å². The summed E-state index contributed by atoms with van der Waals surface area (Å²) in [6, 6.07) is 17.6. The lowest BCUT2D eigenvalue weighted by Gasteiger charge is -1.99. The number of benzene rings is 2. The molecule has 116 valence electrons. The van der Waals surface area contributed by atoms with Gasteiger partial charge in [0.1, 0.15) is 11.2 Å². The Morgan fingerprint density at radius 1 is 0.583 bits per heavy atom. The van der Waals surface area contributed by atoms with Gasteiger partial charge in [0.15, 0.2) is 0 Å². The van der Waals surface area contributed by atoms with Crippen molar-refractivity contribution < 1.29 is 8.83 Å². The molecule has 0 aliphatic heterocycles. The summed E-state index contributed by atoms with van der Waals surface area (Å²) in [5.74, 6) is 0. The average molecular weight is 316 g/mol. The van der Waals surface area contributed by atoms with E-state index in [2.05, 4.69) is 0 Å². The van der Waals surface area contributed by atoms with Crippen molar-refractivity contribution in [2.45, 2.75) is 0 Å². The van der Waals surface area contributed by atoms with E-state index in [1.807, 2.05) is 48.6 Å². The molecule has 0 atom stereocenters. The second-order valence-corrected chi connectivity index (χ2v) is 5.44. The van der Waals surface area contributed by atoms with Crippen LogP contribution in [0.3, 0.4) is 0 Å². The van der Waals surface area contributed by atoms with Gasteiger partial charge in [-0.2, -0.15) is 0 Å². The molecule has 0 amide bonds. The molecule has 2 aromatic carbocycles. The highest BCUT2D eigenvalue weighted by atomic mass is 16.4. The highest BCUT2D eigenvalue weighted by Crippen LogP contribution is 2.18.